The maximum Gasteiger partial charge on any atom is 0.331 e. The van der Waals surface area contributed by atoms with E-state index in [-0.39, 0.29) is 30.1 Å². The average Bonchev–Trinajstić information content (AvgIpc) is 3.25. The molecular formula is C19H19ClN4O4. The van der Waals surface area contributed by atoms with Crippen molar-refractivity contribution >= 4 is 11.6 Å². The highest BCUT2D eigenvalue weighted by molar-refractivity contribution is 6.30. The number of aliphatic hydroxyl groups is 1. The lowest BCUT2D eigenvalue weighted by atomic mass is 10.1. The van der Waals surface area contributed by atoms with Gasteiger partial charge in [0.2, 0.25) is 5.89 Å². The topological polar surface area (TPSA) is 103 Å². The second-order valence-corrected chi connectivity index (χ2v) is 7.57. The highest BCUT2D eigenvalue weighted by atomic mass is 35.5. The predicted octanol–water partition coefficient (Wildman–Crippen LogP) is 1.56. The summed E-state index contributed by atoms with van der Waals surface area (Å²) in [4.78, 5) is 29.1. The maximum absolute atomic E-state index is 12.6. The summed E-state index contributed by atoms with van der Waals surface area (Å²) in [6.07, 6.45) is 0.0387. The largest absolute Gasteiger partial charge is 0.388 e. The second-order valence-electron chi connectivity index (χ2n) is 7.14. The first-order chi connectivity index (χ1) is 13.4. The van der Waals surface area contributed by atoms with Crippen LogP contribution in [-0.4, -0.2) is 24.4 Å². The molecular weight excluding hydrogens is 384 g/mol. The van der Waals surface area contributed by atoms with Crippen LogP contribution in [0.5, 0.6) is 0 Å². The van der Waals surface area contributed by atoms with Crippen LogP contribution in [0, 0.1) is 5.92 Å². The van der Waals surface area contributed by atoms with Gasteiger partial charge in [0.25, 0.3) is 5.56 Å². The quantitative estimate of drug-likeness (QED) is 0.694. The summed E-state index contributed by atoms with van der Waals surface area (Å²) in [7, 11) is 0. The summed E-state index contributed by atoms with van der Waals surface area (Å²) in [5.74, 6) is 0.761. The molecule has 8 nitrogen and oxygen atoms in total. The fourth-order valence-electron chi connectivity index (χ4n) is 3.45. The van der Waals surface area contributed by atoms with Crippen LogP contribution in [0.4, 0.5) is 0 Å². The molecule has 146 valence electrons. The van der Waals surface area contributed by atoms with Gasteiger partial charge in [0, 0.05) is 29.7 Å². The van der Waals surface area contributed by atoms with Gasteiger partial charge in [-0.3, -0.25) is 13.9 Å². The van der Waals surface area contributed by atoms with Gasteiger partial charge < -0.3 is 9.63 Å². The molecule has 2 aromatic heterocycles. The molecule has 1 aliphatic rings. The van der Waals surface area contributed by atoms with Gasteiger partial charge in [-0.1, -0.05) is 35.8 Å². The zero-order valence-corrected chi connectivity index (χ0v) is 16.0. The molecule has 1 N–H and O–H groups in total. The molecule has 0 aliphatic carbocycles. The van der Waals surface area contributed by atoms with E-state index < -0.39 is 6.10 Å². The summed E-state index contributed by atoms with van der Waals surface area (Å²) in [5.41, 5.74) is 0.688. The minimum absolute atomic E-state index is 0.101. The summed E-state index contributed by atoms with van der Waals surface area (Å²) in [6.45, 7) is 2.53. The van der Waals surface area contributed by atoms with E-state index in [2.05, 4.69) is 10.1 Å². The van der Waals surface area contributed by atoms with E-state index in [0.29, 0.717) is 28.9 Å². The molecule has 0 radical (unpaired) electrons. The Morgan fingerprint density at radius 3 is 2.82 bits per heavy atom. The number of aromatic nitrogens is 4. The molecule has 0 saturated carbocycles. The van der Waals surface area contributed by atoms with E-state index in [1.54, 1.807) is 28.8 Å². The van der Waals surface area contributed by atoms with Crippen LogP contribution in [0.15, 0.2) is 44.4 Å². The van der Waals surface area contributed by atoms with Crippen LogP contribution in [0.1, 0.15) is 36.0 Å². The first kappa shape index (κ1) is 18.6. The van der Waals surface area contributed by atoms with E-state index in [1.165, 1.54) is 6.07 Å². The zero-order chi connectivity index (χ0) is 19.8. The standard InChI is InChI=1S/C19H19ClN4O4/c1-11-6-14-7-18(26)24(19(27)23(14)9-11)10-17-21-16(22-28-17)8-15(25)12-2-4-13(20)5-3-12/h2-5,7,11,15,25H,6,8-10H2,1H3/t11-,15-/m0/s1. The molecule has 4 rings (SSSR count). The lowest BCUT2D eigenvalue weighted by Crippen LogP contribution is -2.39. The highest BCUT2D eigenvalue weighted by Crippen LogP contribution is 2.19. The van der Waals surface area contributed by atoms with Crippen molar-refractivity contribution in [2.75, 3.05) is 0 Å². The Kier molecular flexibility index (Phi) is 4.91. The van der Waals surface area contributed by atoms with Crippen molar-refractivity contribution in [3.05, 3.63) is 79.2 Å². The normalized spacial score (nSPS) is 16.9. The summed E-state index contributed by atoms with van der Waals surface area (Å²) in [6, 6.07) is 8.32. The first-order valence-corrected chi connectivity index (χ1v) is 9.37. The molecule has 3 aromatic rings. The number of rotatable bonds is 5. The van der Waals surface area contributed by atoms with Crippen molar-refractivity contribution in [1.82, 2.24) is 19.3 Å². The van der Waals surface area contributed by atoms with Crippen molar-refractivity contribution < 1.29 is 9.63 Å². The van der Waals surface area contributed by atoms with Gasteiger partial charge >= 0.3 is 5.69 Å². The Balaban J connectivity index is 1.52. The fourth-order valence-corrected chi connectivity index (χ4v) is 3.58. The molecule has 0 saturated heterocycles. The molecule has 28 heavy (non-hydrogen) atoms. The molecule has 3 heterocycles. The summed E-state index contributed by atoms with van der Waals surface area (Å²) in [5, 5.41) is 14.7. The zero-order valence-electron chi connectivity index (χ0n) is 15.2. The highest BCUT2D eigenvalue weighted by Gasteiger charge is 2.22. The van der Waals surface area contributed by atoms with E-state index in [4.69, 9.17) is 16.1 Å². The van der Waals surface area contributed by atoms with Gasteiger partial charge in [0.05, 0.1) is 6.10 Å². The lowest BCUT2D eigenvalue weighted by Gasteiger charge is -2.08. The van der Waals surface area contributed by atoms with Crippen molar-refractivity contribution in [3.63, 3.8) is 0 Å². The number of hydrogen-bond acceptors (Lipinski definition) is 6. The van der Waals surface area contributed by atoms with Gasteiger partial charge in [-0.2, -0.15) is 4.98 Å². The minimum Gasteiger partial charge on any atom is -0.388 e. The Morgan fingerprint density at radius 1 is 1.32 bits per heavy atom. The van der Waals surface area contributed by atoms with E-state index in [0.717, 1.165) is 16.7 Å². The van der Waals surface area contributed by atoms with Crippen molar-refractivity contribution in [2.24, 2.45) is 5.92 Å². The van der Waals surface area contributed by atoms with E-state index in [1.807, 2.05) is 6.92 Å². The van der Waals surface area contributed by atoms with Crippen molar-refractivity contribution in [2.45, 2.75) is 39.0 Å². The molecule has 0 amide bonds. The second kappa shape index (κ2) is 7.37. The molecule has 2 atom stereocenters. The monoisotopic (exact) mass is 402 g/mol. The molecule has 0 unspecified atom stereocenters. The van der Waals surface area contributed by atoms with Crippen molar-refractivity contribution in [3.8, 4) is 0 Å². The van der Waals surface area contributed by atoms with Crippen LogP contribution in [0.3, 0.4) is 0 Å². The summed E-state index contributed by atoms with van der Waals surface area (Å²) >= 11 is 5.85. The van der Waals surface area contributed by atoms with E-state index >= 15 is 0 Å². The third-order valence-corrected chi connectivity index (χ3v) is 5.10. The van der Waals surface area contributed by atoms with Gasteiger partial charge in [-0.15, -0.1) is 0 Å². The maximum atomic E-state index is 12.6. The Morgan fingerprint density at radius 2 is 2.07 bits per heavy atom. The third-order valence-electron chi connectivity index (χ3n) is 4.85. The van der Waals surface area contributed by atoms with Gasteiger partial charge in [-0.05, 0) is 30.0 Å². The van der Waals surface area contributed by atoms with Crippen LogP contribution in [-0.2, 0) is 25.9 Å². The number of halogens is 1. The third kappa shape index (κ3) is 3.65. The molecule has 0 spiro atoms. The molecule has 0 fully saturated rings. The number of benzene rings is 1. The SMILES string of the molecule is C[C@H]1Cc2cc(=O)n(Cc3nc(C[C@H](O)c4ccc(Cl)cc4)no3)c(=O)n2C1. The first-order valence-electron chi connectivity index (χ1n) is 8.99. The van der Waals surface area contributed by atoms with Crippen LogP contribution in [0.2, 0.25) is 5.02 Å². The average molecular weight is 403 g/mol. The van der Waals surface area contributed by atoms with E-state index in [9.17, 15) is 14.7 Å². The Labute approximate surface area is 165 Å². The smallest absolute Gasteiger partial charge is 0.331 e. The Hall–Kier alpha value is -2.71. The number of fused-ring (bicyclic) bond motifs is 1. The van der Waals surface area contributed by atoms with Crippen LogP contribution < -0.4 is 11.2 Å². The predicted molar refractivity (Wildman–Crippen MR) is 101 cm³/mol. The van der Waals surface area contributed by atoms with Crippen molar-refractivity contribution in [1.29, 1.82) is 0 Å². The van der Waals surface area contributed by atoms with Gasteiger partial charge in [0.15, 0.2) is 5.82 Å². The fraction of sp³-hybridized carbons (Fsp3) is 0.368. The van der Waals surface area contributed by atoms with Crippen LogP contribution >= 0.6 is 11.6 Å². The van der Waals surface area contributed by atoms with Gasteiger partial charge in [-0.25, -0.2) is 4.79 Å². The van der Waals surface area contributed by atoms with Crippen LogP contribution in [0.25, 0.3) is 0 Å². The lowest BCUT2D eigenvalue weighted by molar-refractivity contribution is 0.174. The molecule has 9 heteroatoms. The Bertz CT molecular complexity index is 1120. The molecule has 1 aliphatic heterocycles. The van der Waals surface area contributed by atoms with Gasteiger partial charge in [0.1, 0.15) is 6.54 Å². The number of hydrogen-bond donors (Lipinski definition) is 1. The minimum atomic E-state index is -0.822. The number of aliphatic hydroxyl groups excluding tert-OH is 1. The molecule has 1 aromatic carbocycles. The number of nitrogens with zero attached hydrogens (tertiary/aromatic N) is 4. The molecule has 0 bridgehead atoms. The summed E-state index contributed by atoms with van der Waals surface area (Å²) < 4.78 is 7.88.